The summed E-state index contributed by atoms with van der Waals surface area (Å²) < 4.78 is 0. The van der Waals surface area contributed by atoms with Crippen molar-refractivity contribution in [1.29, 1.82) is 0 Å². The Balaban J connectivity index is 2.60. The topological polar surface area (TPSA) is 95.1 Å². The van der Waals surface area contributed by atoms with Crippen LogP contribution in [0.1, 0.15) is 6.42 Å². The van der Waals surface area contributed by atoms with Gasteiger partial charge < -0.3 is 17.2 Å². The number of primary amides is 1. The minimum Gasteiger partial charge on any atom is -0.368 e. The third-order valence-corrected chi connectivity index (χ3v) is 1.52. The molecule has 0 radical (unpaired) electrons. The van der Waals surface area contributed by atoms with Crippen molar-refractivity contribution in [2.24, 2.45) is 17.2 Å². The number of rotatable bonds is 1. The van der Waals surface area contributed by atoms with E-state index in [9.17, 15) is 4.79 Å². The van der Waals surface area contributed by atoms with E-state index in [2.05, 4.69) is 0 Å². The fourth-order valence-corrected chi connectivity index (χ4v) is 0.588. The van der Waals surface area contributed by atoms with Gasteiger partial charge in [-0.1, -0.05) is 0 Å². The molecule has 0 aromatic rings. The molecule has 1 fully saturated rings. The van der Waals surface area contributed by atoms with Crippen LogP contribution in [0.4, 0.5) is 0 Å². The third-order valence-electron chi connectivity index (χ3n) is 1.52. The minimum atomic E-state index is -0.875. The van der Waals surface area contributed by atoms with Crippen LogP contribution < -0.4 is 17.2 Å². The van der Waals surface area contributed by atoms with Gasteiger partial charge >= 0.3 is 0 Å². The van der Waals surface area contributed by atoms with Crippen LogP contribution >= 0.6 is 0 Å². The lowest BCUT2D eigenvalue weighted by Crippen LogP contribution is -2.44. The molecule has 6 N–H and O–H groups in total. The largest absolute Gasteiger partial charge is 0.368 e. The highest BCUT2D eigenvalue weighted by molar-refractivity contribution is 5.89. The Morgan fingerprint density at radius 3 is 2.12 bits per heavy atom. The van der Waals surface area contributed by atoms with Gasteiger partial charge in [0.1, 0.15) is 5.54 Å². The monoisotopic (exact) mass is 115 g/mol. The van der Waals surface area contributed by atoms with E-state index in [4.69, 9.17) is 17.2 Å². The number of amides is 1. The smallest absolute Gasteiger partial charge is 0.239 e. The lowest BCUT2D eigenvalue weighted by molar-refractivity contribution is -0.120. The molecule has 0 aromatic heterocycles. The second kappa shape index (κ2) is 1.21. The van der Waals surface area contributed by atoms with Crippen LogP contribution in [0.5, 0.6) is 0 Å². The molecule has 0 aliphatic heterocycles. The van der Waals surface area contributed by atoms with Crippen LogP contribution in [0.25, 0.3) is 0 Å². The van der Waals surface area contributed by atoms with E-state index in [1.54, 1.807) is 0 Å². The average Bonchev–Trinajstić information content (AvgIpc) is 2.17. The maximum Gasteiger partial charge on any atom is 0.239 e. The molecule has 2 unspecified atom stereocenters. The fourth-order valence-electron chi connectivity index (χ4n) is 0.588. The van der Waals surface area contributed by atoms with Gasteiger partial charge in [-0.05, 0) is 6.42 Å². The molecule has 2 atom stereocenters. The van der Waals surface area contributed by atoms with Gasteiger partial charge in [0.25, 0.3) is 0 Å². The Morgan fingerprint density at radius 1 is 1.75 bits per heavy atom. The van der Waals surface area contributed by atoms with Crippen LogP contribution in [0.3, 0.4) is 0 Å². The molecule has 0 aromatic carbocycles. The van der Waals surface area contributed by atoms with Gasteiger partial charge in [-0.25, -0.2) is 0 Å². The second-order valence-electron chi connectivity index (χ2n) is 2.22. The molecule has 1 saturated carbocycles. The summed E-state index contributed by atoms with van der Waals surface area (Å²) in [5.74, 6) is -0.495. The number of carbonyl (C=O) groups excluding carboxylic acids is 1. The van der Waals surface area contributed by atoms with Crippen molar-refractivity contribution < 1.29 is 4.79 Å². The number of hydrogen-bond acceptors (Lipinski definition) is 3. The van der Waals surface area contributed by atoms with E-state index >= 15 is 0 Å². The normalized spacial score (nSPS) is 44.0. The van der Waals surface area contributed by atoms with Gasteiger partial charge in [-0.3, -0.25) is 4.79 Å². The van der Waals surface area contributed by atoms with Crippen LogP contribution in [0.2, 0.25) is 0 Å². The fraction of sp³-hybridized carbons (Fsp3) is 0.750. The molecule has 0 spiro atoms. The van der Waals surface area contributed by atoms with Gasteiger partial charge in [0.05, 0.1) is 0 Å². The molecule has 0 bridgehead atoms. The van der Waals surface area contributed by atoms with Crippen molar-refractivity contribution in [2.45, 2.75) is 18.0 Å². The Labute approximate surface area is 47.0 Å². The first-order chi connectivity index (χ1) is 3.57. The minimum absolute atomic E-state index is 0.208. The summed E-state index contributed by atoms with van der Waals surface area (Å²) >= 11 is 0. The maximum atomic E-state index is 10.3. The molecule has 1 amide bonds. The molecule has 0 saturated heterocycles. The highest BCUT2D eigenvalue weighted by Crippen LogP contribution is 2.29. The summed E-state index contributed by atoms with van der Waals surface area (Å²) in [5.41, 5.74) is 14.6. The standard InChI is InChI=1S/C4H9N3O/c5-2-1-4(2,7)3(6)8/h2H,1,5,7H2,(H2,6,8). The van der Waals surface area contributed by atoms with Crippen LogP contribution in [-0.2, 0) is 4.79 Å². The van der Waals surface area contributed by atoms with E-state index in [0.29, 0.717) is 6.42 Å². The quantitative estimate of drug-likeness (QED) is 0.365. The molecular formula is C4H9N3O. The van der Waals surface area contributed by atoms with Crippen molar-refractivity contribution >= 4 is 5.91 Å². The van der Waals surface area contributed by atoms with Crippen molar-refractivity contribution in [3.8, 4) is 0 Å². The average molecular weight is 115 g/mol. The zero-order valence-electron chi connectivity index (χ0n) is 4.42. The lowest BCUT2D eigenvalue weighted by Gasteiger charge is -2.00. The van der Waals surface area contributed by atoms with E-state index in [0.717, 1.165) is 0 Å². The Hall–Kier alpha value is -0.610. The van der Waals surface area contributed by atoms with Crippen molar-refractivity contribution in [1.82, 2.24) is 0 Å². The highest BCUT2D eigenvalue weighted by atomic mass is 16.1. The van der Waals surface area contributed by atoms with Crippen molar-refractivity contribution in [3.05, 3.63) is 0 Å². The third kappa shape index (κ3) is 0.502. The van der Waals surface area contributed by atoms with E-state index < -0.39 is 11.4 Å². The first kappa shape index (κ1) is 5.53. The van der Waals surface area contributed by atoms with Crippen LogP contribution in [-0.4, -0.2) is 17.5 Å². The number of nitrogens with two attached hydrogens (primary N) is 3. The van der Waals surface area contributed by atoms with Crippen LogP contribution in [0.15, 0.2) is 0 Å². The predicted octanol–water partition coefficient (Wildman–Crippen LogP) is -2.10. The first-order valence-corrected chi connectivity index (χ1v) is 2.42. The molecule has 8 heavy (non-hydrogen) atoms. The Morgan fingerprint density at radius 2 is 2.12 bits per heavy atom. The van der Waals surface area contributed by atoms with Gasteiger partial charge in [-0.15, -0.1) is 0 Å². The zero-order valence-corrected chi connectivity index (χ0v) is 4.42. The highest BCUT2D eigenvalue weighted by Gasteiger charge is 2.53. The molecule has 4 heteroatoms. The van der Waals surface area contributed by atoms with E-state index in [1.807, 2.05) is 0 Å². The molecule has 4 nitrogen and oxygen atoms in total. The predicted molar refractivity (Wildman–Crippen MR) is 28.7 cm³/mol. The molecule has 0 heterocycles. The van der Waals surface area contributed by atoms with Gasteiger partial charge in [0.2, 0.25) is 5.91 Å². The lowest BCUT2D eigenvalue weighted by atomic mass is 10.3. The number of hydrogen-bond donors (Lipinski definition) is 3. The Kier molecular flexibility index (Phi) is 0.835. The summed E-state index contributed by atoms with van der Waals surface area (Å²) in [7, 11) is 0. The molecule has 1 aliphatic rings. The Bertz CT molecular complexity index is 135. The molecular weight excluding hydrogens is 106 g/mol. The zero-order chi connectivity index (χ0) is 6.36. The van der Waals surface area contributed by atoms with E-state index in [-0.39, 0.29) is 6.04 Å². The SMILES string of the molecule is NC(=O)C1(N)CC1N. The summed E-state index contributed by atoms with van der Waals surface area (Å²) in [6, 6.07) is -0.208. The first-order valence-electron chi connectivity index (χ1n) is 2.42. The van der Waals surface area contributed by atoms with Crippen molar-refractivity contribution in [3.63, 3.8) is 0 Å². The maximum absolute atomic E-state index is 10.3. The van der Waals surface area contributed by atoms with Gasteiger partial charge in [0, 0.05) is 6.04 Å². The summed E-state index contributed by atoms with van der Waals surface area (Å²) in [4.78, 5) is 10.3. The van der Waals surface area contributed by atoms with Crippen molar-refractivity contribution in [2.75, 3.05) is 0 Å². The van der Waals surface area contributed by atoms with Gasteiger partial charge in [0.15, 0.2) is 0 Å². The summed E-state index contributed by atoms with van der Waals surface area (Å²) in [6.07, 6.45) is 0.530. The van der Waals surface area contributed by atoms with Gasteiger partial charge in [-0.2, -0.15) is 0 Å². The number of carbonyl (C=O) groups is 1. The second-order valence-corrected chi connectivity index (χ2v) is 2.22. The summed E-state index contributed by atoms with van der Waals surface area (Å²) in [6.45, 7) is 0. The van der Waals surface area contributed by atoms with Crippen LogP contribution in [0, 0.1) is 0 Å². The van der Waals surface area contributed by atoms with E-state index in [1.165, 1.54) is 0 Å². The summed E-state index contributed by atoms with van der Waals surface area (Å²) in [5, 5.41) is 0. The molecule has 1 aliphatic carbocycles. The molecule has 46 valence electrons. The molecule has 1 rings (SSSR count).